The van der Waals surface area contributed by atoms with Crippen molar-refractivity contribution in [3.8, 4) is 0 Å². The van der Waals surface area contributed by atoms with Gasteiger partial charge in [-0.1, -0.05) is 48.0 Å². The molecule has 1 unspecified atom stereocenters. The molecule has 1 nitrogen and oxygen atoms in total. The zero-order valence-electron chi connectivity index (χ0n) is 9.63. The molecule has 0 spiro atoms. The monoisotopic (exact) mass is 270 g/mol. The largest absolute Gasteiger partial charge is 0.385 e. The lowest BCUT2D eigenvalue weighted by Gasteiger charge is -2.25. The highest BCUT2D eigenvalue weighted by molar-refractivity contribution is 9.10. The van der Waals surface area contributed by atoms with Gasteiger partial charge in [-0.05, 0) is 37.3 Å². The van der Waals surface area contributed by atoms with Crippen LogP contribution in [-0.4, -0.2) is 5.11 Å². The van der Waals surface area contributed by atoms with Crippen molar-refractivity contribution in [1.29, 1.82) is 0 Å². The summed E-state index contributed by atoms with van der Waals surface area (Å²) in [5.74, 6) is 0.624. The first-order valence-corrected chi connectivity index (χ1v) is 6.20. The van der Waals surface area contributed by atoms with Gasteiger partial charge in [0.05, 0.1) is 5.60 Å². The van der Waals surface area contributed by atoms with Gasteiger partial charge in [-0.2, -0.15) is 0 Å². The van der Waals surface area contributed by atoms with E-state index in [2.05, 4.69) is 29.8 Å². The first kappa shape index (κ1) is 12.7. The van der Waals surface area contributed by atoms with E-state index < -0.39 is 5.60 Å². The summed E-state index contributed by atoms with van der Waals surface area (Å²) < 4.78 is 0.985. The van der Waals surface area contributed by atoms with Crippen LogP contribution in [0.1, 0.15) is 39.2 Å². The van der Waals surface area contributed by atoms with Crippen LogP contribution in [0, 0.1) is 5.92 Å². The van der Waals surface area contributed by atoms with Gasteiger partial charge in [-0.25, -0.2) is 0 Å². The fourth-order valence-corrected chi connectivity index (χ4v) is 2.31. The van der Waals surface area contributed by atoms with E-state index in [1.807, 2.05) is 31.2 Å². The van der Waals surface area contributed by atoms with Crippen LogP contribution in [0.2, 0.25) is 0 Å². The standard InChI is InChI=1S/C13H19BrO/c1-10(2)8-9-13(3,15)11-6-4-5-7-12(11)14/h4-7,10,15H,8-9H2,1-3H3. The molecule has 0 saturated carbocycles. The fourth-order valence-electron chi connectivity index (χ4n) is 1.60. The zero-order valence-corrected chi connectivity index (χ0v) is 11.2. The van der Waals surface area contributed by atoms with E-state index >= 15 is 0 Å². The highest BCUT2D eigenvalue weighted by Crippen LogP contribution is 2.32. The van der Waals surface area contributed by atoms with Crippen molar-refractivity contribution >= 4 is 15.9 Å². The van der Waals surface area contributed by atoms with Gasteiger partial charge in [0.25, 0.3) is 0 Å². The third-order valence-corrected chi connectivity index (χ3v) is 3.35. The summed E-state index contributed by atoms with van der Waals surface area (Å²) in [7, 11) is 0. The summed E-state index contributed by atoms with van der Waals surface area (Å²) in [5.41, 5.74) is 0.246. The number of hydrogen-bond acceptors (Lipinski definition) is 1. The zero-order chi connectivity index (χ0) is 11.5. The smallest absolute Gasteiger partial charge is 0.0879 e. The van der Waals surface area contributed by atoms with E-state index in [0.29, 0.717) is 5.92 Å². The molecule has 1 rings (SSSR count). The maximum Gasteiger partial charge on any atom is 0.0879 e. The highest BCUT2D eigenvalue weighted by Gasteiger charge is 2.24. The molecule has 2 heteroatoms. The molecule has 1 atom stereocenters. The Balaban J connectivity index is 2.81. The molecular formula is C13H19BrO. The normalized spacial score (nSPS) is 15.3. The summed E-state index contributed by atoms with van der Waals surface area (Å²) in [6, 6.07) is 7.87. The fraction of sp³-hybridized carbons (Fsp3) is 0.538. The molecule has 0 aromatic heterocycles. The van der Waals surface area contributed by atoms with E-state index in [1.165, 1.54) is 0 Å². The van der Waals surface area contributed by atoms with E-state index in [9.17, 15) is 5.11 Å². The molecule has 0 aliphatic carbocycles. The second-order valence-electron chi connectivity index (χ2n) is 4.69. The van der Waals surface area contributed by atoms with E-state index in [-0.39, 0.29) is 0 Å². The molecule has 0 fully saturated rings. The van der Waals surface area contributed by atoms with Crippen molar-refractivity contribution in [2.75, 3.05) is 0 Å². The van der Waals surface area contributed by atoms with Gasteiger partial charge in [0.15, 0.2) is 0 Å². The molecule has 0 aliphatic rings. The molecule has 84 valence electrons. The number of halogens is 1. The number of hydrogen-bond donors (Lipinski definition) is 1. The van der Waals surface area contributed by atoms with E-state index in [1.54, 1.807) is 0 Å². The summed E-state index contributed by atoms with van der Waals surface area (Å²) in [6.07, 6.45) is 1.83. The molecule has 0 saturated heterocycles. The Hall–Kier alpha value is -0.340. The van der Waals surface area contributed by atoms with Crippen LogP contribution >= 0.6 is 15.9 Å². The van der Waals surface area contributed by atoms with Crippen molar-refractivity contribution in [2.45, 2.75) is 39.2 Å². The molecular weight excluding hydrogens is 252 g/mol. The number of benzene rings is 1. The Labute approximate surface area is 101 Å². The molecule has 1 N–H and O–H groups in total. The van der Waals surface area contributed by atoms with Crippen molar-refractivity contribution < 1.29 is 5.11 Å². The predicted octanol–water partition coefficient (Wildman–Crippen LogP) is 4.09. The van der Waals surface area contributed by atoms with Gasteiger partial charge < -0.3 is 5.11 Å². The lowest BCUT2D eigenvalue weighted by atomic mass is 9.89. The van der Waals surface area contributed by atoms with Gasteiger partial charge >= 0.3 is 0 Å². The molecule has 0 amide bonds. The SMILES string of the molecule is CC(C)CCC(C)(O)c1ccccc1Br. The summed E-state index contributed by atoms with van der Waals surface area (Å²) in [5, 5.41) is 10.4. The first-order chi connectivity index (χ1) is 6.93. The summed E-state index contributed by atoms with van der Waals surface area (Å²) >= 11 is 3.48. The second-order valence-corrected chi connectivity index (χ2v) is 5.54. The van der Waals surface area contributed by atoms with E-state index in [4.69, 9.17) is 0 Å². The highest BCUT2D eigenvalue weighted by atomic mass is 79.9. The third kappa shape index (κ3) is 3.62. The average molecular weight is 271 g/mol. The minimum atomic E-state index is -0.732. The second kappa shape index (κ2) is 5.13. The van der Waals surface area contributed by atoms with Crippen molar-refractivity contribution in [3.63, 3.8) is 0 Å². The van der Waals surface area contributed by atoms with Gasteiger partial charge in [0.1, 0.15) is 0 Å². The Morgan fingerprint density at radius 1 is 1.33 bits per heavy atom. The van der Waals surface area contributed by atoms with Crippen LogP contribution < -0.4 is 0 Å². The molecule has 1 aromatic rings. The van der Waals surface area contributed by atoms with Crippen LogP contribution in [-0.2, 0) is 5.60 Å². The summed E-state index contributed by atoms with van der Waals surface area (Å²) in [4.78, 5) is 0. The van der Waals surface area contributed by atoms with Gasteiger partial charge in [-0.15, -0.1) is 0 Å². The first-order valence-electron chi connectivity index (χ1n) is 5.41. The number of aliphatic hydroxyl groups is 1. The predicted molar refractivity (Wildman–Crippen MR) is 67.8 cm³/mol. The van der Waals surface area contributed by atoms with Crippen LogP contribution in [0.15, 0.2) is 28.7 Å². The minimum Gasteiger partial charge on any atom is -0.385 e. The molecule has 0 heterocycles. The quantitative estimate of drug-likeness (QED) is 0.874. The van der Waals surface area contributed by atoms with Gasteiger partial charge in [0, 0.05) is 4.47 Å². The molecule has 0 aliphatic heterocycles. The lowest BCUT2D eigenvalue weighted by Crippen LogP contribution is -2.22. The van der Waals surface area contributed by atoms with Crippen molar-refractivity contribution in [2.24, 2.45) is 5.92 Å². The van der Waals surface area contributed by atoms with Crippen LogP contribution in [0.3, 0.4) is 0 Å². The van der Waals surface area contributed by atoms with Crippen molar-refractivity contribution in [3.05, 3.63) is 34.3 Å². The van der Waals surface area contributed by atoms with E-state index in [0.717, 1.165) is 22.9 Å². The van der Waals surface area contributed by atoms with Crippen molar-refractivity contribution in [1.82, 2.24) is 0 Å². The third-order valence-electron chi connectivity index (χ3n) is 2.66. The average Bonchev–Trinajstić information content (AvgIpc) is 2.15. The maximum atomic E-state index is 10.4. The van der Waals surface area contributed by atoms with Crippen LogP contribution in [0.5, 0.6) is 0 Å². The number of rotatable bonds is 4. The Morgan fingerprint density at radius 3 is 2.47 bits per heavy atom. The summed E-state index contributed by atoms with van der Waals surface area (Å²) in [6.45, 7) is 6.24. The van der Waals surface area contributed by atoms with Crippen LogP contribution in [0.25, 0.3) is 0 Å². The molecule has 0 radical (unpaired) electrons. The van der Waals surface area contributed by atoms with Crippen LogP contribution in [0.4, 0.5) is 0 Å². The topological polar surface area (TPSA) is 20.2 Å². The Bertz CT molecular complexity index is 318. The maximum absolute atomic E-state index is 10.4. The lowest BCUT2D eigenvalue weighted by molar-refractivity contribution is 0.0413. The van der Waals surface area contributed by atoms with Gasteiger partial charge in [0.2, 0.25) is 0 Å². The molecule has 1 aromatic carbocycles. The molecule has 15 heavy (non-hydrogen) atoms. The Kier molecular flexibility index (Phi) is 4.35. The molecule has 0 bridgehead atoms. The van der Waals surface area contributed by atoms with Gasteiger partial charge in [-0.3, -0.25) is 0 Å². The minimum absolute atomic E-state index is 0.624. The Morgan fingerprint density at radius 2 is 1.93 bits per heavy atom.